The molecule has 0 aliphatic rings. The lowest BCUT2D eigenvalue weighted by Gasteiger charge is -2.16. The Morgan fingerprint density at radius 2 is 1.62 bits per heavy atom. The SMILES string of the molecule is CC(=O)O[C@H](C(=O)Oc1ccccc1Cl)c1ccccc1. The number of carbonyl (C=O) groups is 2. The van der Waals surface area contributed by atoms with Gasteiger partial charge in [0.2, 0.25) is 6.10 Å². The molecule has 21 heavy (non-hydrogen) atoms. The fourth-order valence-corrected chi connectivity index (χ4v) is 1.91. The van der Waals surface area contributed by atoms with Gasteiger partial charge in [0, 0.05) is 12.5 Å². The van der Waals surface area contributed by atoms with Crippen molar-refractivity contribution in [2.45, 2.75) is 13.0 Å². The molecular formula is C16H13ClO4. The van der Waals surface area contributed by atoms with Gasteiger partial charge in [0.05, 0.1) is 5.02 Å². The van der Waals surface area contributed by atoms with Gasteiger partial charge < -0.3 is 9.47 Å². The van der Waals surface area contributed by atoms with E-state index in [1.807, 2.05) is 0 Å². The zero-order valence-corrected chi connectivity index (χ0v) is 12.0. The van der Waals surface area contributed by atoms with Gasteiger partial charge >= 0.3 is 11.9 Å². The highest BCUT2D eigenvalue weighted by Gasteiger charge is 2.26. The van der Waals surface area contributed by atoms with Gasteiger partial charge in [0.25, 0.3) is 0 Å². The first-order valence-electron chi connectivity index (χ1n) is 6.26. The van der Waals surface area contributed by atoms with Crippen LogP contribution in [0.15, 0.2) is 54.6 Å². The Kier molecular flexibility index (Phi) is 4.95. The maximum atomic E-state index is 12.2. The number of hydrogen-bond donors (Lipinski definition) is 0. The van der Waals surface area contributed by atoms with Gasteiger partial charge in [-0.05, 0) is 12.1 Å². The number of halogens is 1. The predicted molar refractivity (Wildman–Crippen MR) is 78.0 cm³/mol. The van der Waals surface area contributed by atoms with E-state index in [1.165, 1.54) is 6.92 Å². The van der Waals surface area contributed by atoms with Crippen LogP contribution in [0.2, 0.25) is 5.02 Å². The largest absolute Gasteiger partial charge is 0.446 e. The molecule has 4 nitrogen and oxygen atoms in total. The number of para-hydroxylation sites is 1. The van der Waals surface area contributed by atoms with Gasteiger partial charge in [0.15, 0.2) is 0 Å². The maximum absolute atomic E-state index is 12.2. The molecular weight excluding hydrogens is 292 g/mol. The second kappa shape index (κ2) is 6.90. The normalized spacial score (nSPS) is 11.5. The number of esters is 2. The first kappa shape index (κ1) is 15.1. The van der Waals surface area contributed by atoms with Gasteiger partial charge in [0.1, 0.15) is 5.75 Å². The number of carbonyl (C=O) groups excluding carboxylic acids is 2. The highest BCUT2D eigenvalue weighted by Crippen LogP contribution is 2.26. The summed E-state index contributed by atoms with van der Waals surface area (Å²) in [5.41, 5.74) is 0.532. The molecule has 0 aliphatic heterocycles. The van der Waals surface area contributed by atoms with E-state index in [-0.39, 0.29) is 5.75 Å². The van der Waals surface area contributed by atoms with Crippen LogP contribution in [0.5, 0.6) is 5.75 Å². The molecule has 2 rings (SSSR count). The van der Waals surface area contributed by atoms with Crippen LogP contribution in [0.3, 0.4) is 0 Å². The number of rotatable bonds is 4. The molecule has 2 aromatic carbocycles. The summed E-state index contributed by atoms with van der Waals surface area (Å²) in [5, 5.41) is 0.306. The topological polar surface area (TPSA) is 52.6 Å². The van der Waals surface area contributed by atoms with Gasteiger partial charge in [-0.2, -0.15) is 0 Å². The molecule has 1 atom stereocenters. The van der Waals surface area contributed by atoms with Gasteiger partial charge in [-0.3, -0.25) is 4.79 Å². The molecule has 2 aromatic rings. The van der Waals surface area contributed by atoms with Crippen LogP contribution in [0.25, 0.3) is 0 Å². The van der Waals surface area contributed by atoms with Crippen molar-refractivity contribution >= 4 is 23.5 Å². The quantitative estimate of drug-likeness (QED) is 0.640. The molecule has 108 valence electrons. The molecule has 0 radical (unpaired) electrons. The van der Waals surface area contributed by atoms with Crippen LogP contribution >= 0.6 is 11.6 Å². The van der Waals surface area contributed by atoms with E-state index >= 15 is 0 Å². The van der Waals surface area contributed by atoms with E-state index in [4.69, 9.17) is 21.1 Å². The predicted octanol–water partition coefficient (Wildman–Crippen LogP) is 3.55. The minimum Gasteiger partial charge on any atom is -0.446 e. The molecule has 0 amide bonds. The standard InChI is InChI=1S/C16H13ClO4/c1-11(18)20-15(12-7-3-2-4-8-12)16(19)21-14-10-6-5-9-13(14)17/h2-10,15H,1H3/t15-/m0/s1. The van der Waals surface area contributed by atoms with E-state index in [1.54, 1.807) is 54.6 Å². The number of hydrogen-bond acceptors (Lipinski definition) is 4. The van der Waals surface area contributed by atoms with Crippen molar-refractivity contribution < 1.29 is 19.1 Å². The summed E-state index contributed by atoms with van der Waals surface area (Å²) >= 11 is 5.94. The van der Waals surface area contributed by atoms with Crippen molar-refractivity contribution in [1.82, 2.24) is 0 Å². The number of ether oxygens (including phenoxy) is 2. The summed E-state index contributed by atoms with van der Waals surface area (Å²) < 4.78 is 10.3. The Morgan fingerprint density at radius 1 is 1.00 bits per heavy atom. The minimum atomic E-state index is -1.13. The molecule has 0 spiro atoms. The Hall–Kier alpha value is -2.33. The average Bonchev–Trinajstić information content (AvgIpc) is 2.48. The van der Waals surface area contributed by atoms with Crippen LogP contribution in [-0.2, 0) is 14.3 Å². The van der Waals surface area contributed by atoms with Crippen molar-refractivity contribution in [2.75, 3.05) is 0 Å². The van der Waals surface area contributed by atoms with E-state index in [0.29, 0.717) is 10.6 Å². The smallest absolute Gasteiger partial charge is 0.357 e. The third-order valence-electron chi connectivity index (χ3n) is 2.65. The van der Waals surface area contributed by atoms with Crippen molar-refractivity contribution in [1.29, 1.82) is 0 Å². The second-order valence-corrected chi connectivity index (χ2v) is 4.66. The summed E-state index contributed by atoms with van der Waals surface area (Å²) in [6.07, 6.45) is -1.13. The molecule has 0 fully saturated rings. The van der Waals surface area contributed by atoms with Crippen LogP contribution in [-0.4, -0.2) is 11.9 Å². The summed E-state index contributed by atoms with van der Waals surface area (Å²) in [7, 11) is 0. The summed E-state index contributed by atoms with van der Waals surface area (Å²) in [4.78, 5) is 23.4. The van der Waals surface area contributed by atoms with Crippen molar-refractivity contribution in [3.8, 4) is 5.75 Å². The first-order chi connectivity index (χ1) is 10.1. The Morgan fingerprint density at radius 3 is 2.24 bits per heavy atom. The second-order valence-electron chi connectivity index (χ2n) is 4.25. The van der Waals surface area contributed by atoms with Gasteiger partial charge in [-0.25, -0.2) is 4.79 Å². The van der Waals surface area contributed by atoms with Crippen LogP contribution in [0.4, 0.5) is 0 Å². The lowest BCUT2D eigenvalue weighted by molar-refractivity contribution is -0.161. The third kappa shape index (κ3) is 4.07. The molecule has 0 aliphatic carbocycles. The third-order valence-corrected chi connectivity index (χ3v) is 2.96. The molecule has 0 bridgehead atoms. The van der Waals surface area contributed by atoms with Crippen LogP contribution in [0, 0.1) is 0 Å². The monoisotopic (exact) mass is 304 g/mol. The fourth-order valence-electron chi connectivity index (χ4n) is 1.74. The molecule has 0 saturated carbocycles. The molecule has 0 heterocycles. The van der Waals surface area contributed by atoms with Crippen LogP contribution < -0.4 is 4.74 Å². The molecule has 0 unspecified atom stereocenters. The first-order valence-corrected chi connectivity index (χ1v) is 6.64. The maximum Gasteiger partial charge on any atom is 0.357 e. The van der Waals surface area contributed by atoms with E-state index < -0.39 is 18.0 Å². The summed E-state index contributed by atoms with van der Waals surface area (Å²) in [5.74, 6) is -1.05. The zero-order valence-electron chi connectivity index (χ0n) is 11.3. The van der Waals surface area contributed by atoms with E-state index in [0.717, 1.165) is 0 Å². The lowest BCUT2D eigenvalue weighted by atomic mass is 10.1. The summed E-state index contributed by atoms with van der Waals surface area (Å²) in [6, 6.07) is 15.2. The summed E-state index contributed by atoms with van der Waals surface area (Å²) in [6.45, 7) is 1.23. The Balaban J connectivity index is 2.23. The lowest BCUT2D eigenvalue weighted by Crippen LogP contribution is -2.23. The van der Waals surface area contributed by atoms with Crippen molar-refractivity contribution in [2.24, 2.45) is 0 Å². The molecule has 5 heteroatoms. The van der Waals surface area contributed by atoms with Crippen LogP contribution in [0.1, 0.15) is 18.6 Å². The molecule has 0 N–H and O–H groups in total. The minimum absolute atomic E-state index is 0.220. The van der Waals surface area contributed by atoms with Crippen molar-refractivity contribution in [3.63, 3.8) is 0 Å². The van der Waals surface area contributed by atoms with E-state index in [9.17, 15) is 9.59 Å². The molecule has 0 saturated heterocycles. The molecule has 0 aromatic heterocycles. The van der Waals surface area contributed by atoms with Gasteiger partial charge in [-0.15, -0.1) is 0 Å². The highest BCUT2D eigenvalue weighted by molar-refractivity contribution is 6.32. The van der Waals surface area contributed by atoms with E-state index in [2.05, 4.69) is 0 Å². The Labute approximate surface area is 127 Å². The Bertz CT molecular complexity index is 640. The fraction of sp³-hybridized carbons (Fsp3) is 0.125. The zero-order chi connectivity index (χ0) is 15.2. The number of benzene rings is 2. The average molecular weight is 305 g/mol. The van der Waals surface area contributed by atoms with Crippen molar-refractivity contribution in [3.05, 3.63) is 65.2 Å². The highest BCUT2D eigenvalue weighted by atomic mass is 35.5. The van der Waals surface area contributed by atoms with Gasteiger partial charge in [-0.1, -0.05) is 54.1 Å².